The van der Waals surface area contributed by atoms with Crippen molar-refractivity contribution in [2.75, 3.05) is 24.3 Å². The summed E-state index contributed by atoms with van der Waals surface area (Å²) < 4.78 is 12.1. The van der Waals surface area contributed by atoms with Crippen molar-refractivity contribution in [2.45, 2.75) is 58.8 Å². The minimum absolute atomic E-state index is 0.0141. The molecule has 0 unspecified atom stereocenters. The van der Waals surface area contributed by atoms with E-state index in [4.69, 9.17) is 9.47 Å². The first-order chi connectivity index (χ1) is 18.8. The third kappa shape index (κ3) is 7.90. The fourth-order valence-corrected chi connectivity index (χ4v) is 6.01. The number of unbranched alkanes of at least 4 members (excludes halogenated alkanes) is 1. The highest BCUT2D eigenvalue weighted by atomic mass is 32.2. The normalized spacial score (nSPS) is 10.8. The third-order valence-electron chi connectivity index (χ3n) is 5.35. The molecule has 39 heavy (non-hydrogen) atoms. The van der Waals surface area contributed by atoms with Gasteiger partial charge in [-0.25, -0.2) is 9.59 Å². The van der Waals surface area contributed by atoms with Crippen LogP contribution in [0.2, 0.25) is 0 Å². The van der Waals surface area contributed by atoms with Crippen LogP contribution in [-0.2, 0) is 27.4 Å². The van der Waals surface area contributed by atoms with Crippen LogP contribution in [0.3, 0.4) is 0 Å². The van der Waals surface area contributed by atoms with Crippen LogP contribution in [0.1, 0.15) is 74.7 Å². The molecule has 210 valence electrons. The first-order valence-corrected chi connectivity index (χ1v) is 15.1. The maximum Gasteiger partial charge on any atom is 0.348 e. The molecule has 0 aliphatic carbocycles. The Bertz CT molecular complexity index is 1300. The van der Waals surface area contributed by atoms with Gasteiger partial charge < -0.3 is 24.7 Å². The number of ether oxygens (including phenoxy) is 2. The van der Waals surface area contributed by atoms with Crippen molar-refractivity contribution in [2.24, 2.45) is 0 Å². The highest BCUT2D eigenvalue weighted by Gasteiger charge is 2.27. The summed E-state index contributed by atoms with van der Waals surface area (Å²) >= 11 is 3.52. The van der Waals surface area contributed by atoms with E-state index in [1.165, 1.54) is 23.1 Å². The summed E-state index contributed by atoms with van der Waals surface area (Å²) in [6.07, 6.45) is 1.82. The molecule has 2 amide bonds. The van der Waals surface area contributed by atoms with Gasteiger partial charge >= 0.3 is 11.9 Å². The molecule has 0 radical (unpaired) electrons. The summed E-state index contributed by atoms with van der Waals surface area (Å²) in [4.78, 5) is 51.1. The van der Waals surface area contributed by atoms with Crippen LogP contribution in [0.25, 0.3) is 0 Å². The minimum atomic E-state index is -0.627. The van der Waals surface area contributed by atoms with Gasteiger partial charge in [0.05, 0.1) is 36.0 Å². The zero-order valence-electron chi connectivity index (χ0n) is 22.2. The number of anilines is 1. The molecule has 2 N–H and O–H groups in total. The molecule has 3 aromatic rings. The molecule has 0 bridgehead atoms. The molecule has 0 atom stereocenters. The maximum absolute atomic E-state index is 12.9. The molecule has 3 heterocycles. The topological polar surface area (TPSA) is 142 Å². The van der Waals surface area contributed by atoms with Crippen LogP contribution in [0, 0.1) is 6.92 Å². The number of hydrogen-bond donors (Lipinski definition) is 2. The monoisotopic (exact) mass is 593 g/mol. The Hall–Kier alpha value is -3.23. The average Bonchev–Trinajstić information content (AvgIpc) is 3.64. The molecule has 0 saturated carbocycles. The largest absolute Gasteiger partial charge is 0.462 e. The standard InChI is InChI=1S/C25H31N5O6S3/c1-5-8-11-30-17(13-26-21(32)16-10-9-12-37-16)28-29-25(30)38-14-18(31)27-22-19(23(33)35-6-2)15(4)20(39-22)24(34)36-7-3/h9-10,12H,5-8,11,13-14H2,1-4H3,(H,26,32)(H,27,31). The van der Waals surface area contributed by atoms with Crippen molar-refractivity contribution in [1.29, 1.82) is 0 Å². The predicted molar refractivity (Wildman–Crippen MR) is 151 cm³/mol. The molecule has 0 fully saturated rings. The molecule has 0 aromatic carbocycles. The molecule has 3 rings (SSSR count). The van der Waals surface area contributed by atoms with Crippen LogP contribution in [-0.4, -0.2) is 57.5 Å². The second kappa shape index (κ2) is 14.8. The van der Waals surface area contributed by atoms with Gasteiger partial charge in [-0.15, -0.1) is 32.9 Å². The smallest absolute Gasteiger partial charge is 0.348 e. The van der Waals surface area contributed by atoms with E-state index in [-0.39, 0.29) is 52.8 Å². The van der Waals surface area contributed by atoms with Gasteiger partial charge in [-0.2, -0.15) is 0 Å². The molecular formula is C25H31N5O6S3. The highest BCUT2D eigenvalue weighted by Crippen LogP contribution is 2.34. The van der Waals surface area contributed by atoms with Gasteiger partial charge in [-0.1, -0.05) is 31.2 Å². The quantitative estimate of drug-likeness (QED) is 0.204. The van der Waals surface area contributed by atoms with Crippen LogP contribution < -0.4 is 10.6 Å². The fourth-order valence-electron chi connectivity index (χ4n) is 3.49. The summed E-state index contributed by atoms with van der Waals surface area (Å²) in [5, 5.41) is 16.7. The number of carbonyl (C=O) groups excluding carboxylic acids is 4. The second-order valence-electron chi connectivity index (χ2n) is 8.10. The number of nitrogens with zero attached hydrogens (tertiary/aromatic N) is 3. The maximum atomic E-state index is 12.9. The number of nitrogens with one attached hydrogen (secondary N) is 2. The van der Waals surface area contributed by atoms with Crippen molar-refractivity contribution in [3.63, 3.8) is 0 Å². The molecule has 3 aromatic heterocycles. The molecular weight excluding hydrogens is 563 g/mol. The lowest BCUT2D eigenvalue weighted by Crippen LogP contribution is -2.24. The van der Waals surface area contributed by atoms with Gasteiger partial charge in [0.25, 0.3) is 5.91 Å². The number of thioether (sulfide) groups is 1. The molecule has 0 aliphatic rings. The van der Waals surface area contributed by atoms with Gasteiger partial charge in [0, 0.05) is 6.54 Å². The number of esters is 2. The molecule has 0 saturated heterocycles. The summed E-state index contributed by atoms with van der Waals surface area (Å²) in [6, 6.07) is 3.56. The lowest BCUT2D eigenvalue weighted by Gasteiger charge is -2.10. The highest BCUT2D eigenvalue weighted by molar-refractivity contribution is 7.99. The van der Waals surface area contributed by atoms with Crippen molar-refractivity contribution in [3.8, 4) is 0 Å². The number of aromatic nitrogens is 3. The third-order valence-corrected chi connectivity index (χ3v) is 8.38. The van der Waals surface area contributed by atoms with E-state index in [1.807, 2.05) is 16.0 Å². The van der Waals surface area contributed by atoms with E-state index >= 15 is 0 Å². The van der Waals surface area contributed by atoms with Gasteiger partial charge in [0.1, 0.15) is 9.88 Å². The molecule has 14 heteroatoms. The first kappa shape index (κ1) is 30.3. The van der Waals surface area contributed by atoms with Crippen LogP contribution >= 0.6 is 34.4 Å². The summed E-state index contributed by atoms with van der Waals surface area (Å²) in [7, 11) is 0. The lowest BCUT2D eigenvalue weighted by molar-refractivity contribution is -0.113. The molecule has 11 nitrogen and oxygen atoms in total. The summed E-state index contributed by atoms with van der Waals surface area (Å²) in [6.45, 7) is 8.22. The Kier molecular flexibility index (Phi) is 11.5. The average molecular weight is 594 g/mol. The Morgan fingerprint density at radius 3 is 2.49 bits per heavy atom. The van der Waals surface area contributed by atoms with E-state index in [9.17, 15) is 19.2 Å². The summed E-state index contributed by atoms with van der Waals surface area (Å²) in [5.41, 5.74) is 0.534. The van der Waals surface area contributed by atoms with E-state index in [0.29, 0.717) is 28.0 Å². The number of carbonyl (C=O) groups is 4. The Balaban J connectivity index is 1.72. The van der Waals surface area contributed by atoms with Crippen molar-refractivity contribution >= 4 is 63.2 Å². The van der Waals surface area contributed by atoms with Crippen LogP contribution in [0.15, 0.2) is 22.7 Å². The Morgan fingerprint density at radius 1 is 1.08 bits per heavy atom. The Morgan fingerprint density at radius 2 is 1.82 bits per heavy atom. The fraction of sp³-hybridized carbons (Fsp3) is 0.440. The number of hydrogen-bond acceptors (Lipinski definition) is 11. The van der Waals surface area contributed by atoms with Gasteiger partial charge in [0.2, 0.25) is 5.91 Å². The van der Waals surface area contributed by atoms with Crippen LogP contribution in [0.5, 0.6) is 0 Å². The van der Waals surface area contributed by atoms with Crippen LogP contribution in [0.4, 0.5) is 5.00 Å². The number of amides is 2. The molecule has 0 spiro atoms. The van der Waals surface area contributed by atoms with Gasteiger partial charge in [-0.05, 0) is 44.2 Å². The van der Waals surface area contributed by atoms with E-state index in [2.05, 4.69) is 27.8 Å². The van der Waals surface area contributed by atoms with E-state index in [1.54, 1.807) is 26.8 Å². The van der Waals surface area contributed by atoms with Crippen molar-refractivity contribution in [3.05, 3.63) is 44.2 Å². The van der Waals surface area contributed by atoms with Crippen molar-refractivity contribution in [1.82, 2.24) is 20.1 Å². The Labute approximate surface area is 238 Å². The minimum Gasteiger partial charge on any atom is -0.462 e. The van der Waals surface area contributed by atoms with Gasteiger partial charge in [-0.3, -0.25) is 9.59 Å². The summed E-state index contributed by atoms with van der Waals surface area (Å²) in [5.74, 6) is -1.19. The number of rotatable bonds is 14. The number of thiophene rings is 2. The SMILES string of the molecule is CCCCn1c(CNC(=O)c2cccs2)nnc1SCC(=O)Nc1sc(C(=O)OCC)c(C)c1C(=O)OCC. The van der Waals surface area contributed by atoms with E-state index < -0.39 is 11.9 Å². The zero-order valence-corrected chi connectivity index (χ0v) is 24.6. The van der Waals surface area contributed by atoms with Gasteiger partial charge in [0.15, 0.2) is 11.0 Å². The second-order valence-corrected chi connectivity index (χ2v) is 11.0. The predicted octanol–water partition coefficient (Wildman–Crippen LogP) is 4.52. The van der Waals surface area contributed by atoms with Crippen molar-refractivity contribution < 1.29 is 28.7 Å². The first-order valence-electron chi connectivity index (χ1n) is 12.4. The zero-order chi connectivity index (χ0) is 28.4. The van der Waals surface area contributed by atoms with E-state index in [0.717, 1.165) is 24.2 Å². The molecule has 0 aliphatic heterocycles. The lowest BCUT2D eigenvalue weighted by atomic mass is 10.1.